The van der Waals surface area contributed by atoms with Gasteiger partial charge in [-0.05, 0) is 0 Å². The molecular weight excluding hydrogens is 146 g/mol. The van der Waals surface area contributed by atoms with Crippen molar-refractivity contribution < 1.29 is 9.63 Å². The van der Waals surface area contributed by atoms with Gasteiger partial charge in [0, 0.05) is 14.0 Å². The van der Waals surface area contributed by atoms with Crippen LogP contribution in [0.1, 0.15) is 6.92 Å². The molecule has 0 fully saturated rings. The number of rotatable bonds is 2. The highest BCUT2D eigenvalue weighted by Gasteiger charge is 2.22. The Hall–Kier alpha value is -0.353. The Morgan fingerprint density at radius 2 is 1.80 bits per heavy atom. The van der Waals surface area contributed by atoms with Gasteiger partial charge >= 0.3 is 5.97 Å². The van der Waals surface area contributed by atoms with E-state index in [4.69, 9.17) is 4.84 Å². The number of hydrogen-bond acceptors (Lipinski definition) is 3. The Morgan fingerprint density at radius 3 is 1.90 bits per heavy atom. The van der Waals surface area contributed by atoms with E-state index in [9.17, 15) is 4.79 Å². The lowest BCUT2D eigenvalue weighted by Crippen LogP contribution is -2.43. The summed E-state index contributed by atoms with van der Waals surface area (Å²) in [4.78, 5) is 15.3. The predicted octanol–water partition coefficient (Wildman–Crippen LogP) is 1.23. The Bertz CT molecular complexity index is 130. The second-order valence-corrected chi connectivity index (χ2v) is 8.22. The fourth-order valence-electron chi connectivity index (χ4n) is 0.330. The third-order valence-electron chi connectivity index (χ3n) is 1.21. The summed E-state index contributed by atoms with van der Waals surface area (Å²) < 4.78 is 1.68. The average Bonchev–Trinajstić information content (AvgIpc) is 1.60. The largest absolute Gasteiger partial charge is 0.376 e. The van der Waals surface area contributed by atoms with Crippen molar-refractivity contribution >= 4 is 14.2 Å². The number of nitrogens with zero attached hydrogens (tertiary/aromatic N) is 1. The molecule has 60 valence electrons. The van der Waals surface area contributed by atoms with Crippen molar-refractivity contribution in [1.82, 2.24) is 4.73 Å². The van der Waals surface area contributed by atoms with Crippen LogP contribution >= 0.6 is 0 Å². The van der Waals surface area contributed by atoms with Gasteiger partial charge in [-0.3, -0.25) is 4.79 Å². The third-order valence-corrected chi connectivity index (χ3v) is 3.19. The monoisotopic (exact) mass is 161 g/mol. The van der Waals surface area contributed by atoms with Crippen molar-refractivity contribution in [2.75, 3.05) is 7.05 Å². The highest BCUT2D eigenvalue weighted by Crippen LogP contribution is 2.06. The van der Waals surface area contributed by atoms with Crippen LogP contribution in [0.15, 0.2) is 0 Å². The molecule has 0 saturated heterocycles. The lowest BCUT2D eigenvalue weighted by Gasteiger charge is -2.27. The molecule has 4 heteroatoms. The maximum atomic E-state index is 10.5. The number of carbonyl (C=O) groups excluding carboxylic acids is 1. The Kier molecular flexibility index (Phi) is 3.05. The van der Waals surface area contributed by atoms with Gasteiger partial charge in [0.05, 0.1) is 0 Å². The molecule has 0 spiro atoms. The van der Waals surface area contributed by atoms with Crippen molar-refractivity contribution in [3.8, 4) is 0 Å². The Morgan fingerprint density at radius 1 is 1.40 bits per heavy atom. The molecule has 3 nitrogen and oxygen atoms in total. The topological polar surface area (TPSA) is 29.5 Å². The molecule has 0 amide bonds. The third kappa shape index (κ3) is 3.63. The van der Waals surface area contributed by atoms with Gasteiger partial charge in [0.25, 0.3) is 0 Å². The SMILES string of the molecule is CC(=O)ON(C)[Si](C)(C)C. The van der Waals surface area contributed by atoms with Gasteiger partial charge in [0.1, 0.15) is 0 Å². The minimum Gasteiger partial charge on any atom is -0.376 e. The smallest absolute Gasteiger partial charge is 0.321 e. The zero-order valence-corrected chi connectivity index (χ0v) is 8.26. The van der Waals surface area contributed by atoms with Crippen molar-refractivity contribution in [2.24, 2.45) is 0 Å². The lowest BCUT2D eigenvalue weighted by atomic mass is 10.8. The van der Waals surface area contributed by atoms with Gasteiger partial charge in [-0.2, -0.15) is 4.73 Å². The molecule has 0 rings (SSSR count). The van der Waals surface area contributed by atoms with Crippen LogP contribution in [-0.2, 0) is 9.63 Å². The molecule has 0 radical (unpaired) electrons. The maximum Gasteiger partial charge on any atom is 0.321 e. The summed E-state index contributed by atoms with van der Waals surface area (Å²) in [6.45, 7) is 7.73. The summed E-state index contributed by atoms with van der Waals surface area (Å²) in [7, 11) is 0.366. The van der Waals surface area contributed by atoms with Crippen molar-refractivity contribution in [1.29, 1.82) is 0 Å². The van der Waals surface area contributed by atoms with E-state index in [-0.39, 0.29) is 5.97 Å². The van der Waals surface area contributed by atoms with E-state index >= 15 is 0 Å². The molecule has 0 atom stereocenters. The van der Waals surface area contributed by atoms with Crippen LogP contribution in [0.5, 0.6) is 0 Å². The molecule has 0 unspecified atom stereocenters. The maximum absolute atomic E-state index is 10.5. The van der Waals surface area contributed by atoms with Gasteiger partial charge in [-0.25, -0.2) is 0 Å². The van der Waals surface area contributed by atoms with E-state index < -0.39 is 8.24 Å². The van der Waals surface area contributed by atoms with Crippen LogP contribution in [0.25, 0.3) is 0 Å². The van der Waals surface area contributed by atoms with Crippen LogP contribution in [0.4, 0.5) is 0 Å². The minimum absolute atomic E-state index is 0.245. The zero-order valence-electron chi connectivity index (χ0n) is 7.26. The highest BCUT2D eigenvalue weighted by atomic mass is 28.3. The van der Waals surface area contributed by atoms with Crippen molar-refractivity contribution in [3.63, 3.8) is 0 Å². The summed E-state index contributed by atoms with van der Waals surface area (Å²) in [6, 6.07) is 0. The van der Waals surface area contributed by atoms with E-state index in [0.29, 0.717) is 0 Å². The van der Waals surface area contributed by atoms with Crippen LogP contribution in [0.3, 0.4) is 0 Å². The summed E-state index contributed by atoms with van der Waals surface area (Å²) in [5.74, 6) is -0.245. The molecule has 0 saturated carbocycles. The molecule has 0 aliphatic rings. The molecular formula is C6H15NO2Si. The summed E-state index contributed by atoms with van der Waals surface area (Å²) in [5, 5.41) is 0. The number of carbonyl (C=O) groups is 1. The number of hydrogen-bond donors (Lipinski definition) is 0. The minimum atomic E-state index is -1.43. The molecule has 10 heavy (non-hydrogen) atoms. The van der Waals surface area contributed by atoms with E-state index in [0.717, 1.165) is 0 Å². The summed E-state index contributed by atoms with van der Waals surface area (Å²) in [6.07, 6.45) is 0. The zero-order chi connectivity index (χ0) is 8.36. The van der Waals surface area contributed by atoms with Crippen LogP contribution in [0, 0.1) is 0 Å². The predicted molar refractivity (Wildman–Crippen MR) is 42.9 cm³/mol. The number of hydroxylamine groups is 1. The fraction of sp³-hybridized carbons (Fsp3) is 0.833. The molecule has 0 aliphatic carbocycles. The van der Waals surface area contributed by atoms with Crippen LogP contribution in [0.2, 0.25) is 19.6 Å². The quantitative estimate of drug-likeness (QED) is 0.450. The van der Waals surface area contributed by atoms with E-state index in [1.807, 2.05) is 0 Å². The second-order valence-electron chi connectivity index (χ2n) is 3.25. The first-order valence-corrected chi connectivity index (χ1v) is 6.71. The first kappa shape index (κ1) is 9.65. The first-order valence-electron chi connectivity index (χ1n) is 3.26. The van der Waals surface area contributed by atoms with Crippen molar-refractivity contribution in [2.45, 2.75) is 26.6 Å². The highest BCUT2D eigenvalue weighted by molar-refractivity contribution is 6.72. The van der Waals surface area contributed by atoms with Crippen LogP contribution in [-0.4, -0.2) is 26.0 Å². The molecule has 0 aromatic carbocycles. The summed E-state index contributed by atoms with van der Waals surface area (Å²) in [5.41, 5.74) is 0. The fourth-order valence-corrected chi connectivity index (χ4v) is 0.732. The molecule has 0 aliphatic heterocycles. The van der Waals surface area contributed by atoms with E-state index in [2.05, 4.69) is 19.6 Å². The van der Waals surface area contributed by atoms with Gasteiger partial charge < -0.3 is 4.84 Å². The molecule has 0 aromatic rings. The Balaban J connectivity index is 3.85. The molecule has 0 bridgehead atoms. The normalized spacial score (nSPS) is 11.8. The van der Waals surface area contributed by atoms with Gasteiger partial charge in [-0.15, -0.1) is 0 Å². The van der Waals surface area contributed by atoms with E-state index in [1.165, 1.54) is 6.92 Å². The molecule has 0 aromatic heterocycles. The van der Waals surface area contributed by atoms with Crippen LogP contribution < -0.4 is 0 Å². The summed E-state index contributed by atoms with van der Waals surface area (Å²) >= 11 is 0. The standard InChI is InChI=1S/C6H15NO2Si/c1-6(8)9-7(2)10(3,4)5/h1-5H3. The molecule has 0 N–H and O–H groups in total. The van der Waals surface area contributed by atoms with E-state index in [1.54, 1.807) is 11.8 Å². The van der Waals surface area contributed by atoms with Gasteiger partial charge in [0.15, 0.2) is 8.24 Å². The van der Waals surface area contributed by atoms with Gasteiger partial charge in [-0.1, -0.05) is 19.6 Å². The average molecular weight is 161 g/mol. The second kappa shape index (κ2) is 3.16. The first-order chi connectivity index (χ1) is 4.34. The lowest BCUT2D eigenvalue weighted by molar-refractivity contribution is -0.165. The van der Waals surface area contributed by atoms with Gasteiger partial charge in [0.2, 0.25) is 0 Å². The van der Waals surface area contributed by atoms with Crippen molar-refractivity contribution in [3.05, 3.63) is 0 Å². The Labute approximate surface area is 63.0 Å². The molecule has 0 heterocycles.